The van der Waals surface area contributed by atoms with Crippen molar-refractivity contribution in [2.24, 2.45) is 0 Å². The minimum atomic E-state index is -0.408. The highest BCUT2D eigenvalue weighted by Crippen LogP contribution is 2.34. The summed E-state index contributed by atoms with van der Waals surface area (Å²) in [6, 6.07) is 6.88. The zero-order valence-electron chi connectivity index (χ0n) is 9.67. The average molecular weight is 283 g/mol. The molecule has 0 radical (unpaired) electrons. The highest BCUT2D eigenvalue weighted by atomic mass is 35.5. The van der Waals surface area contributed by atoms with Gasteiger partial charge in [0.2, 0.25) is 0 Å². The second-order valence-corrected chi connectivity index (χ2v) is 5.61. The van der Waals surface area contributed by atoms with Crippen molar-refractivity contribution in [1.29, 1.82) is 0 Å². The van der Waals surface area contributed by atoms with Crippen molar-refractivity contribution >= 4 is 40.0 Å². The number of pyridine rings is 1. The van der Waals surface area contributed by atoms with E-state index in [1.54, 1.807) is 30.1 Å². The van der Waals surface area contributed by atoms with Gasteiger partial charge in [-0.3, -0.25) is 10.1 Å². The molecule has 0 spiro atoms. The van der Waals surface area contributed by atoms with Crippen LogP contribution in [0, 0.1) is 10.1 Å². The van der Waals surface area contributed by atoms with Crippen LogP contribution in [-0.4, -0.2) is 21.0 Å². The van der Waals surface area contributed by atoms with Crippen molar-refractivity contribution in [1.82, 2.24) is 4.98 Å². The minimum Gasteiger partial charge on any atom is -0.258 e. The maximum atomic E-state index is 10.9. The average Bonchev–Trinajstić information content (AvgIpc) is 2.38. The summed E-state index contributed by atoms with van der Waals surface area (Å²) >= 11 is 7.39. The van der Waals surface area contributed by atoms with Crippen molar-refractivity contribution in [2.45, 2.75) is 17.1 Å². The molecular weight excluding hydrogens is 272 g/mol. The van der Waals surface area contributed by atoms with Gasteiger partial charge >= 0.3 is 0 Å². The Bertz CT molecular complexity index is 591. The molecule has 1 unspecified atom stereocenters. The number of nitro groups is 1. The van der Waals surface area contributed by atoms with Crippen LogP contribution in [0.25, 0.3) is 10.9 Å². The fourth-order valence-electron chi connectivity index (χ4n) is 1.63. The van der Waals surface area contributed by atoms with E-state index in [1.165, 1.54) is 6.07 Å². The third kappa shape index (κ3) is 2.57. The summed E-state index contributed by atoms with van der Waals surface area (Å²) < 4.78 is 0. The third-order valence-electron chi connectivity index (χ3n) is 2.45. The molecule has 4 nitrogen and oxygen atoms in total. The van der Waals surface area contributed by atoms with Crippen LogP contribution >= 0.6 is 23.4 Å². The number of nitro benzene ring substituents is 1. The van der Waals surface area contributed by atoms with E-state index in [0.29, 0.717) is 11.4 Å². The van der Waals surface area contributed by atoms with Gasteiger partial charge in [-0.05, 0) is 18.2 Å². The Kier molecular flexibility index (Phi) is 4.04. The molecule has 0 aliphatic rings. The number of fused-ring (bicyclic) bond motifs is 1. The largest absolute Gasteiger partial charge is 0.295 e. The summed E-state index contributed by atoms with van der Waals surface area (Å²) in [4.78, 5) is 15.6. The van der Waals surface area contributed by atoms with Crippen LogP contribution in [0.15, 0.2) is 35.4 Å². The van der Waals surface area contributed by atoms with E-state index in [9.17, 15) is 10.1 Å². The lowest BCUT2D eigenvalue weighted by Crippen LogP contribution is -1.98. The monoisotopic (exact) mass is 282 g/mol. The molecule has 1 heterocycles. The van der Waals surface area contributed by atoms with Crippen molar-refractivity contribution in [3.63, 3.8) is 0 Å². The first kappa shape index (κ1) is 13.1. The predicted octanol–water partition coefficient (Wildman–Crippen LogP) is 3.86. The molecule has 6 heteroatoms. The van der Waals surface area contributed by atoms with Crippen molar-refractivity contribution in [2.75, 3.05) is 5.88 Å². The van der Waals surface area contributed by atoms with Crippen LogP contribution in [0.3, 0.4) is 0 Å². The van der Waals surface area contributed by atoms with Gasteiger partial charge in [-0.15, -0.1) is 23.4 Å². The first-order valence-corrected chi connectivity index (χ1v) is 6.79. The van der Waals surface area contributed by atoms with E-state index in [4.69, 9.17) is 11.6 Å². The zero-order valence-corrected chi connectivity index (χ0v) is 11.2. The van der Waals surface area contributed by atoms with Gasteiger partial charge in [0.05, 0.1) is 4.92 Å². The third-order valence-corrected chi connectivity index (χ3v) is 4.28. The lowest BCUT2D eigenvalue weighted by atomic mass is 10.2. The molecule has 1 atom stereocenters. The van der Waals surface area contributed by atoms with E-state index in [2.05, 4.69) is 4.98 Å². The summed E-state index contributed by atoms with van der Waals surface area (Å²) in [6.07, 6.45) is 1.56. The Balaban J connectivity index is 2.57. The van der Waals surface area contributed by atoms with Crippen LogP contribution in [0.1, 0.15) is 6.92 Å². The molecule has 0 saturated carbocycles. The van der Waals surface area contributed by atoms with E-state index in [0.717, 1.165) is 10.3 Å². The Morgan fingerprint density at radius 2 is 2.28 bits per heavy atom. The fraction of sp³-hybridized carbons (Fsp3) is 0.250. The number of rotatable bonds is 4. The van der Waals surface area contributed by atoms with Gasteiger partial charge in [0, 0.05) is 33.7 Å². The zero-order chi connectivity index (χ0) is 13.1. The number of nitrogens with zero attached hydrogens (tertiary/aromatic N) is 2. The number of non-ortho nitro benzene ring substituents is 1. The maximum Gasteiger partial charge on any atom is 0.295 e. The van der Waals surface area contributed by atoms with Gasteiger partial charge in [0.1, 0.15) is 5.52 Å². The van der Waals surface area contributed by atoms with Gasteiger partial charge in [-0.2, -0.15) is 0 Å². The minimum absolute atomic E-state index is 0.0356. The molecule has 2 aromatic rings. The highest BCUT2D eigenvalue weighted by molar-refractivity contribution is 8.00. The second-order valence-electron chi connectivity index (χ2n) is 3.82. The standard InChI is InChI=1S/C12H11ClN2O2S/c1-8(7-13)18-11-5-4-10(15(16)17)12-9(11)3-2-6-14-12/h2-6,8H,7H2,1H3. The van der Waals surface area contributed by atoms with Gasteiger partial charge in [0.25, 0.3) is 5.69 Å². The van der Waals surface area contributed by atoms with Gasteiger partial charge in [-0.1, -0.05) is 6.92 Å². The molecule has 0 saturated heterocycles. The first-order valence-electron chi connectivity index (χ1n) is 5.38. The summed E-state index contributed by atoms with van der Waals surface area (Å²) in [5.74, 6) is 0.531. The molecule has 94 valence electrons. The normalized spacial score (nSPS) is 12.6. The van der Waals surface area contributed by atoms with Gasteiger partial charge < -0.3 is 0 Å². The van der Waals surface area contributed by atoms with Crippen LogP contribution in [0.5, 0.6) is 0 Å². The van der Waals surface area contributed by atoms with Gasteiger partial charge in [0.15, 0.2) is 0 Å². The summed E-state index contributed by atoms with van der Waals surface area (Å²) in [6.45, 7) is 2.02. The molecule has 1 aromatic heterocycles. The maximum absolute atomic E-state index is 10.9. The quantitative estimate of drug-likeness (QED) is 0.370. The molecule has 0 fully saturated rings. The predicted molar refractivity (Wildman–Crippen MR) is 74.4 cm³/mol. The van der Waals surface area contributed by atoms with Crippen LogP contribution in [0.2, 0.25) is 0 Å². The molecule has 0 aliphatic heterocycles. The highest BCUT2D eigenvalue weighted by Gasteiger charge is 2.16. The van der Waals surface area contributed by atoms with E-state index >= 15 is 0 Å². The number of hydrogen-bond acceptors (Lipinski definition) is 4. The number of hydrogen-bond donors (Lipinski definition) is 0. The van der Waals surface area contributed by atoms with Crippen LogP contribution < -0.4 is 0 Å². The van der Waals surface area contributed by atoms with Crippen LogP contribution in [0.4, 0.5) is 5.69 Å². The van der Waals surface area contributed by atoms with E-state index < -0.39 is 4.92 Å². The van der Waals surface area contributed by atoms with Crippen molar-refractivity contribution < 1.29 is 4.92 Å². The smallest absolute Gasteiger partial charge is 0.258 e. The second kappa shape index (κ2) is 5.54. The summed E-state index contributed by atoms with van der Waals surface area (Å²) in [5, 5.41) is 12.0. The SMILES string of the molecule is CC(CCl)Sc1ccc([N+](=O)[O-])c2ncccc12. The van der Waals surface area contributed by atoms with E-state index in [1.807, 2.05) is 13.0 Å². The van der Waals surface area contributed by atoms with Gasteiger partial charge in [-0.25, -0.2) is 4.98 Å². The first-order chi connectivity index (χ1) is 8.63. The summed E-state index contributed by atoms with van der Waals surface area (Å²) in [7, 11) is 0. The molecule has 0 aliphatic carbocycles. The molecular formula is C12H11ClN2O2S. The Morgan fingerprint density at radius 1 is 1.50 bits per heavy atom. The molecule has 2 rings (SSSR count). The van der Waals surface area contributed by atoms with Crippen molar-refractivity contribution in [3.05, 3.63) is 40.6 Å². The Hall–Kier alpha value is -1.33. The van der Waals surface area contributed by atoms with Crippen LogP contribution in [-0.2, 0) is 0 Å². The lowest BCUT2D eigenvalue weighted by molar-refractivity contribution is -0.383. The van der Waals surface area contributed by atoms with E-state index in [-0.39, 0.29) is 10.9 Å². The molecule has 0 amide bonds. The molecule has 0 bridgehead atoms. The Labute approximate surface area is 114 Å². The number of aromatic nitrogens is 1. The number of thioether (sulfide) groups is 1. The lowest BCUT2D eigenvalue weighted by Gasteiger charge is -2.09. The fourth-order valence-corrected chi connectivity index (χ4v) is 2.75. The number of alkyl halides is 1. The summed E-state index contributed by atoms with van der Waals surface area (Å²) in [5.41, 5.74) is 0.461. The number of halogens is 1. The molecule has 0 N–H and O–H groups in total. The molecule has 18 heavy (non-hydrogen) atoms. The number of benzene rings is 1. The topological polar surface area (TPSA) is 56.0 Å². The van der Waals surface area contributed by atoms with Crippen molar-refractivity contribution in [3.8, 4) is 0 Å². The molecule has 1 aromatic carbocycles. The Morgan fingerprint density at radius 3 is 2.94 bits per heavy atom.